The molecule has 0 fully saturated rings. The molecule has 4 rings (SSSR count). The first kappa shape index (κ1) is 18.7. The zero-order chi connectivity index (χ0) is 19.5. The summed E-state index contributed by atoms with van der Waals surface area (Å²) in [5, 5.41) is 0.885. The molecule has 146 valence electrons. The van der Waals surface area contributed by atoms with Crippen LogP contribution < -0.4 is 9.47 Å². The lowest BCUT2D eigenvalue weighted by molar-refractivity contribution is -0.128. The van der Waals surface area contributed by atoms with E-state index in [0.717, 1.165) is 39.8 Å². The highest BCUT2D eigenvalue weighted by Crippen LogP contribution is 2.33. The number of hydrogen-bond acceptors (Lipinski definition) is 5. The quantitative estimate of drug-likeness (QED) is 0.566. The number of imidazole rings is 1. The standard InChI is InChI=1S/C21H23N3O3S/c1-3-23(12-15-9-10-18-19(11-15)27-14-26-18)20(25)13-28-21-22-16-7-5-6-8-17(16)24(21)4-2/h5-11H,3-4,12-14H2,1-2H3. The first-order valence-corrected chi connectivity index (χ1v) is 10.4. The second kappa shape index (κ2) is 8.14. The molecule has 3 aromatic rings. The smallest absolute Gasteiger partial charge is 0.233 e. The fourth-order valence-electron chi connectivity index (χ4n) is 3.32. The van der Waals surface area contributed by atoms with E-state index < -0.39 is 0 Å². The van der Waals surface area contributed by atoms with Gasteiger partial charge in [0.2, 0.25) is 12.7 Å². The number of thioether (sulfide) groups is 1. The van der Waals surface area contributed by atoms with Crippen LogP contribution in [0.2, 0.25) is 0 Å². The maximum Gasteiger partial charge on any atom is 0.233 e. The molecule has 0 radical (unpaired) electrons. The maximum absolute atomic E-state index is 12.8. The molecule has 7 heteroatoms. The Kier molecular flexibility index (Phi) is 5.43. The van der Waals surface area contributed by atoms with Crippen LogP contribution in [0, 0.1) is 0 Å². The summed E-state index contributed by atoms with van der Waals surface area (Å²) in [6.45, 7) is 6.37. The van der Waals surface area contributed by atoms with Gasteiger partial charge in [-0.25, -0.2) is 4.98 Å². The van der Waals surface area contributed by atoms with Gasteiger partial charge in [0.1, 0.15) is 0 Å². The minimum absolute atomic E-state index is 0.0971. The summed E-state index contributed by atoms with van der Waals surface area (Å²) in [5.41, 5.74) is 3.10. The summed E-state index contributed by atoms with van der Waals surface area (Å²) in [4.78, 5) is 19.4. The molecule has 0 saturated carbocycles. The third kappa shape index (κ3) is 3.67. The van der Waals surface area contributed by atoms with Gasteiger partial charge in [-0.05, 0) is 43.7 Å². The molecule has 1 amide bonds. The summed E-state index contributed by atoms with van der Waals surface area (Å²) in [5.74, 6) is 1.96. The molecular weight excluding hydrogens is 374 g/mol. The Morgan fingerprint density at radius 3 is 2.82 bits per heavy atom. The second-order valence-corrected chi connectivity index (χ2v) is 7.45. The van der Waals surface area contributed by atoms with Gasteiger partial charge < -0.3 is 18.9 Å². The predicted molar refractivity (Wildman–Crippen MR) is 110 cm³/mol. The van der Waals surface area contributed by atoms with E-state index in [-0.39, 0.29) is 12.7 Å². The molecule has 2 heterocycles. The molecule has 0 aliphatic carbocycles. The second-order valence-electron chi connectivity index (χ2n) is 6.51. The van der Waals surface area contributed by atoms with Crippen molar-refractivity contribution < 1.29 is 14.3 Å². The van der Waals surface area contributed by atoms with Crippen LogP contribution in [0.4, 0.5) is 0 Å². The van der Waals surface area contributed by atoms with Gasteiger partial charge in [0, 0.05) is 19.6 Å². The molecule has 0 saturated heterocycles. The largest absolute Gasteiger partial charge is 0.454 e. The van der Waals surface area contributed by atoms with Crippen LogP contribution in [0.15, 0.2) is 47.6 Å². The summed E-state index contributed by atoms with van der Waals surface area (Å²) in [6, 6.07) is 13.9. The zero-order valence-corrected chi connectivity index (χ0v) is 16.9. The number of amides is 1. The molecule has 28 heavy (non-hydrogen) atoms. The van der Waals surface area contributed by atoms with E-state index in [1.54, 1.807) is 0 Å². The van der Waals surface area contributed by atoms with Crippen molar-refractivity contribution in [1.82, 2.24) is 14.5 Å². The monoisotopic (exact) mass is 397 g/mol. The fourth-order valence-corrected chi connectivity index (χ4v) is 4.30. The Labute approximate surface area is 168 Å². The van der Waals surface area contributed by atoms with Gasteiger partial charge in [-0.1, -0.05) is 30.0 Å². The molecule has 0 bridgehead atoms. The van der Waals surface area contributed by atoms with Crippen molar-refractivity contribution in [2.24, 2.45) is 0 Å². The molecule has 1 aromatic heterocycles. The number of benzene rings is 2. The highest BCUT2D eigenvalue weighted by Gasteiger charge is 2.18. The summed E-state index contributed by atoms with van der Waals surface area (Å²) < 4.78 is 12.9. The van der Waals surface area contributed by atoms with Crippen molar-refractivity contribution in [3.63, 3.8) is 0 Å². The van der Waals surface area contributed by atoms with Gasteiger partial charge in [-0.3, -0.25) is 4.79 Å². The number of carbonyl (C=O) groups is 1. The summed E-state index contributed by atoms with van der Waals surface area (Å²) in [7, 11) is 0. The Morgan fingerprint density at radius 2 is 2.00 bits per heavy atom. The number of carbonyl (C=O) groups excluding carboxylic acids is 1. The molecule has 0 atom stereocenters. The number of nitrogens with zero attached hydrogens (tertiary/aromatic N) is 3. The van der Waals surface area contributed by atoms with Crippen LogP contribution in [0.5, 0.6) is 11.5 Å². The Balaban J connectivity index is 1.43. The molecule has 0 spiro atoms. The minimum Gasteiger partial charge on any atom is -0.454 e. The van der Waals surface area contributed by atoms with Crippen molar-refractivity contribution in [2.45, 2.75) is 32.1 Å². The first-order chi connectivity index (χ1) is 13.7. The van der Waals surface area contributed by atoms with Crippen molar-refractivity contribution in [3.8, 4) is 11.5 Å². The third-order valence-electron chi connectivity index (χ3n) is 4.81. The van der Waals surface area contributed by atoms with Crippen LogP contribution >= 0.6 is 11.8 Å². The molecule has 6 nitrogen and oxygen atoms in total. The summed E-state index contributed by atoms with van der Waals surface area (Å²) >= 11 is 1.50. The molecule has 1 aliphatic rings. The topological polar surface area (TPSA) is 56.6 Å². The SMILES string of the molecule is CCN(Cc1ccc2c(c1)OCO2)C(=O)CSc1nc2ccccc2n1CC. The normalized spacial score (nSPS) is 12.5. The minimum atomic E-state index is 0.0971. The van der Waals surface area contributed by atoms with Gasteiger partial charge in [0.15, 0.2) is 16.7 Å². The van der Waals surface area contributed by atoms with Crippen LogP contribution in [-0.4, -0.2) is 39.4 Å². The Bertz CT molecular complexity index is 1000. The highest BCUT2D eigenvalue weighted by molar-refractivity contribution is 7.99. The van der Waals surface area contributed by atoms with Crippen LogP contribution in [0.3, 0.4) is 0 Å². The number of hydrogen-bond donors (Lipinski definition) is 0. The van der Waals surface area contributed by atoms with E-state index in [2.05, 4.69) is 22.5 Å². The number of fused-ring (bicyclic) bond motifs is 2. The Morgan fingerprint density at radius 1 is 1.18 bits per heavy atom. The molecule has 2 aromatic carbocycles. The first-order valence-electron chi connectivity index (χ1n) is 9.44. The number of rotatable bonds is 7. The average molecular weight is 398 g/mol. The van der Waals surface area contributed by atoms with E-state index >= 15 is 0 Å². The third-order valence-corrected chi connectivity index (χ3v) is 5.77. The van der Waals surface area contributed by atoms with Crippen molar-refractivity contribution in [3.05, 3.63) is 48.0 Å². The van der Waals surface area contributed by atoms with Gasteiger partial charge >= 0.3 is 0 Å². The number of ether oxygens (including phenoxy) is 2. The average Bonchev–Trinajstić information content (AvgIpc) is 3.33. The van der Waals surface area contributed by atoms with E-state index in [1.807, 2.05) is 48.2 Å². The van der Waals surface area contributed by atoms with E-state index in [1.165, 1.54) is 11.8 Å². The Hall–Kier alpha value is -2.67. The lowest BCUT2D eigenvalue weighted by Crippen LogP contribution is -2.31. The maximum atomic E-state index is 12.8. The van der Waals surface area contributed by atoms with Crippen LogP contribution in [0.1, 0.15) is 19.4 Å². The summed E-state index contributed by atoms with van der Waals surface area (Å²) in [6.07, 6.45) is 0. The molecule has 0 N–H and O–H groups in total. The number of para-hydroxylation sites is 2. The number of aryl methyl sites for hydroxylation is 1. The molecular formula is C21H23N3O3S. The number of aromatic nitrogens is 2. The van der Waals surface area contributed by atoms with Gasteiger partial charge in [0.05, 0.1) is 16.8 Å². The molecule has 0 unspecified atom stereocenters. The van der Waals surface area contributed by atoms with Crippen molar-refractivity contribution in [2.75, 3.05) is 19.1 Å². The fraction of sp³-hybridized carbons (Fsp3) is 0.333. The zero-order valence-electron chi connectivity index (χ0n) is 16.1. The lowest BCUT2D eigenvalue weighted by Gasteiger charge is -2.21. The van der Waals surface area contributed by atoms with E-state index in [0.29, 0.717) is 18.8 Å². The van der Waals surface area contributed by atoms with Gasteiger partial charge in [-0.15, -0.1) is 0 Å². The highest BCUT2D eigenvalue weighted by atomic mass is 32.2. The van der Waals surface area contributed by atoms with Crippen LogP contribution in [0.25, 0.3) is 11.0 Å². The van der Waals surface area contributed by atoms with Gasteiger partial charge in [-0.2, -0.15) is 0 Å². The van der Waals surface area contributed by atoms with Gasteiger partial charge in [0.25, 0.3) is 0 Å². The van der Waals surface area contributed by atoms with E-state index in [4.69, 9.17) is 9.47 Å². The van der Waals surface area contributed by atoms with Crippen molar-refractivity contribution >= 4 is 28.7 Å². The predicted octanol–water partition coefficient (Wildman–Crippen LogP) is 3.93. The van der Waals surface area contributed by atoms with Crippen molar-refractivity contribution in [1.29, 1.82) is 0 Å². The van der Waals surface area contributed by atoms with E-state index in [9.17, 15) is 4.79 Å². The lowest BCUT2D eigenvalue weighted by atomic mass is 10.2. The molecule has 1 aliphatic heterocycles. The van der Waals surface area contributed by atoms with Crippen LogP contribution in [-0.2, 0) is 17.9 Å².